The highest BCUT2D eigenvalue weighted by atomic mass is 16.5. The molecule has 2 aromatic rings. The third-order valence-electron chi connectivity index (χ3n) is 4.27. The van der Waals surface area contributed by atoms with E-state index in [-0.39, 0.29) is 0 Å². The Morgan fingerprint density at radius 1 is 0.440 bits per heavy atom. The molecule has 25 heavy (non-hydrogen) atoms. The molecule has 0 aliphatic carbocycles. The Morgan fingerprint density at radius 2 is 0.840 bits per heavy atom. The highest BCUT2D eigenvalue weighted by Gasteiger charge is 1.95. The van der Waals surface area contributed by atoms with Crippen LogP contribution in [0.2, 0.25) is 0 Å². The van der Waals surface area contributed by atoms with E-state index in [0.29, 0.717) is 0 Å². The number of rotatable bonds is 14. The van der Waals surface area contributed by atoms with Crippen molar-refractivity contribution in [2.75, 3.05) is 26.4 Å². The lowest BCUT2D eigenvalue weighted by molar-refractivity contribution is 0.113. The van der Waals surface area contributed by atoms with E-state index in [1.807, 2.05) is 0 Å². The van der Waals surface area contributed by atoms with E-state index < -0.39 is 0 Å². The largest absolute Gasteiger partial charge is 0.381 e. The van der Waals surface area contributed by atoms with E-state index in [0.717, 1.165) is 65.0 Å². The zero-order chi connectivity index (χ0) is 17.4. The van der Waals surface area contributed by atoms with Gasteiger partial charge in [-0.15, -0.1) is 0 Å². The van der Waals surface area contributed by atoms with Crippen LogP contribution in [0.5, 0.6) is 0 Å². The van der Waals surface area contributed by atoms with Crippen LogP contribution in [-0.2, 0) is 22.3 Å². The number of benzene rings is 2. The molecule has 2 nitrogen and oxygen atoms in total. The van der Waals surface area contributed by atoms with Crippen LogP contribution in [0.1, 0.15) is 43.2 Å². The second-order valence-electron chi connectivity index (χ2n) is 6.46. The van der Waals surface area contributed by atoms with Crippen molar-refractivity contribution in [3.05, 3.63) is 71.8 Å². The molecule has 2 heteroatoms. The maximum Gasteiger partial charge on any atom is 0.0469 e. The normalized spacial score (nSPS) is 10.9. The van der Waals surface area contributed by atoms with Gasteiger partial charge in [-0.05, 0) is 56.1 Å². The standard InChI is InChI=1S/C23H32O2/c1-4-12-22(13-5-1)16-10-20-24-18-8-3-9-19-25-21-11-17-23-14-6-2-7-15-23/h1-2,4-7,12-15H,3,8-11,16-21H2. The predicted molar refractivity (Wildman–Crippen MR) is 105 cm³/mol. The maximum absolute atomic E-state index is 5.71. The monoisotopic (exact) mass is 340 g/mol. The molecule has 0 saturated heterocycles. The van der Waals surface area contributed by atoms with Crippen LogP contribution in [0.4, 0.5) is 0 Å². The fourth-order valence-electron chi connectivity index (χ4n) is 2.84. The molecule has 0 spiro atoms. The first-order valence-electron chi connectivity index (χ1n) is 9.68. The highest BCUT2D eigenvalue weighted by Crippen LogP contribution is 2.04. The minimum atomic E-state index is 0.866. The molecule has 0 bridgehead atoms. The van der Waals surface area contributed by atoms with Gasteiger partial charge in [0.2, 0.25) is 0 Å². The fourth-order valence-corrected chi connectivity index (χ4v) is 2.84. The number of ether oxygens (including phenoxy) is 2. The summed E-state index contributed by atoms with van der Waals surface area (Å²) in [5.74, 6) is 0. The van der Waals surface area contributed by atoms with Gasteiger partial charge in [0.05, 0.1) is 0 Å². The lowest BCUT2D eigenvalue weighted by Gasteiger charge is -2.06. The summed E-state index contributed by atoms with van der Waals surface area (Å²) in [6.45, 7) is 3.49. The SMILES string of the molecule is c1ccc(CCCOCCCCCOCCCc2ccccc2)cc1. The van der Waals surface area contributed by atoms with Gasteiger partial charge >= 0.3 is 0 Å². The van der Waals surface area contributed by atoms with Crippen LogP contribution in [0.3, 0.4) is 0 Å². The summed E-state index contributed by atoms with van der Waals surface area (Å²) >= 11 is 0. The number of unbranched alkanes of at least 4 members (excludes halogenated alkanes) is 2. The lowest BCUT2D eigenvalue weighted by Crippen LogP contribution is -2.01. The summed E-state index contributed by atoms with van der Waals surface area (Å²) in [6, 6.07) is 21.2. The van der Waals surface area contributed by atoms with Gasteiger partial charge in [0.25, 0.3) is 0 Å². The molecular formula is C23H32O2. The van der Waals surface area contributed by atoms with Crippen LogP contribution in [0.15, 0.2) is 60.7 Å². The number of hydrogen-bond acceptors (Lipinski definition) is 2. The van der Waals surface area contributed by atoms with Gasteiger partial charge in [-0.1, -0.05) is 60.7 Å². The Morgan fingerprint density at radius 3 is 1.28 bits per heavy atom. The third-order valence-corrected chi connectivity index (χ3v) is 4.27. The Bertz CT molecular complexity index is 475. The molecule has 0 aromatic heterocycles. The van der Waals surface area contributed by atoms with E-state index in [1.165, 1.54) is 17.5 Å². The Hall–Kier alpha value is -1.64. The van der Waals surface area contributed by atoms with Crippen molar-refractivity contribution in [1.29, 1.82) is 0 Å². The third kappa shape index (κ3) is 10.1. The van der Waals surface area contributed by atoms with E-state index in [1.54, 1.807) is 0 Å². The van der Waals surface area contributed by atoms with Crippen LogP contribution < -0.4 is 0 Å². The van der Waals surface area contributed by atoms with Gasteiger partial charge in [-0.3, -0.25) is 0 Å². The zero-order valence-electron chi connectivity index (χ0n) is 15.4. The summed E-state index contributed by atoms with van der Waals surface area (Å²) in [5, 5.41) is 0. The Kier molecular flexibility index (Phi) is 10.7. The van der Waals surface area contributed by atoms with E-state index >= 15 is 0 Å². The predicted octanol–water partition coefficient (Wildman–Crippen LogP) is 5.46. The molecule has 0 amide bonds. The number of aryl methyl sites for hydroxylation is 2. The van der Waals surface area contributed by atoms with Gasteiger partial charge in [-0.25, -0.2) is 0 Å². The molecule has 0 N–H and O–H groups in total. The molecule has 0 radical (unpaired) electrons. The first-order valence-corrected chi connectivity index (χ1v) is 9.68. The summed E-state index contributed by atoms with van der Waals surface area (Å²) in [6.07, 6.45) is 7.90. The van der Waals surface area contributed by atoms with E-state index in [9.17, 15) is 0 Å². The minimum Gasteiger partial charge on any atom is -0.381 e. The summed E-state index contributed by atoms with van der Waals surface area (Å²) in [4.78, 5) is 0. The fraction of sp³-hybridized carbons (Fsp3) is 0.478. The molecule has 2 aromatic carbocycles. The molecule has 136 valence electrons. The van der Waals surface area contributed by atoms with E-state index in [4.69, 9.17) is 9.47 Å². The molecule has 0 aliphatic heterocycles. The second-order valence-corrected chi connectivity index (χ2v) is 6.46. The second kappa shape index (κ2) is 13.6. The van der Waals surface area contributed by atoms with Gasteiger partial charge in [-0.2, -0.15) is 0 Å². The first-order chi connectivity index (χ1) is 12.4. The first kappa shape index (κ1) is 19.7. The summed E-state index contributed by atoms with van der Waals surface area (Å²) in [5.41, 5.74) is 2.80. The van der Waals surface area contributed by atoms with Crippen molar-refractivity contribution in [2.24, 2.45) is 0 Å². The molecule has 0 heterocycles. The topological polar surface area (TPSA) is 18.5 Å². The van der Waals surface area contributed by atoms with Crippen molar-refractivity contribution in [1.82, 2.24) is 0 Å². The van der Waals surface area contributed by atoms with Crippen molar-refractivity contribution < 1.29 is 9.47 Å². The molecular weight excluding hydrogens is 308 g/mol. The molecule has 0 fully saturated rings. The molecule has 0 saturated carbocycles. The Balaban J connectivity index is 1.30. The summed E-state index contributed by atoms with van der Waals surface area (Å²) in [7, 11) is 0. The van der Waals surface area contributed by atoms with Crippen molar-refractivity contribution in [2.45, 2.75) is 44.9 Å². The average Bonchev–Trinajstić information content (AvgIpc) is 2.67. The van der Waals surface area contributed by atoms with Gasteiger partial charge in [0, 0.05) is 26.4 Å². The van der Waals surface area contributed by atoms with Gasteiger partial charge < -0.3 is 9.47 Å². The smallest absolute Gasteiger partial charge is 0.0469 e. The minimum absolute atomic E-state index is 0.866. The lowest BCUT2D eigenvalue weighted by atomic mass is 10.1. The van der Waals surface area contributed by atoms with Gasteiger partial charge in [0.15, 0.2) is 0 Å². The van der Waals surface area contributed by atoms with Crippen molar-refractivity contribution in [3.63, 3.8) is 0 Å². The molecule has 0 unspecified atom stereocenters. The molecule has 0 atom stereocenters. The van der Waals surface area contributed by atoms with E-state index in [2.05, 4.69) is 60.7 Å². The van der Waals surface area contributed by atoms with Gasteiger partial charge in [0.1, 0.15) is 0 Å². The quantitative estimate of drug-likeness (QED) is 0.425. The van der Waals surface area contributed by atoms with Crippen molar-refractivity contribution in [3.8, 4) is 0 Å². The maximum atomic E-state index is 5.71. The summed E-state index contributed by atoms with van der Waals surface area (Å²) < 4.78 is 11.4. The van der Waals surface area contributed by atoms with Crippen molar-refractivity contribution >= 4 is 0 Å². The number of hydrogen-bond donors (Lipinski definition) is 0. The van der Waals surface area contributed by atoms with Crippen LogP contribution in [-0.4, -0.2) is 26.4 Å². The van der Waals surface area contributed by atoms with Crippen LogP contribution >= 0.6 is 0 Å². The Labute approximate surface area is 153 Å². The van der Waals surface area contributed by atoms with Crippen LogP contribution in [0.25, 0.3) is 0 Å². The highest BCUT2D eigenvalue weighted by molar-refractivity contribution is 5.15. The molecule has 2 rings (SSSR count). The zero-order valence-corrected chi connectivity index (χ0v) is 15.4. The van der Waals surface area contributed by atoms with Crippen LogP contribution in [0, 0.1) is 0 Å². The molecule has 0 aliphatic rings. The average molecular weight is 341 g/mol.